The molecule has 1 aromatic carbocycles. The van der Waals surface area contributed by atoms with E-state index in [9.17, 15) is 9.59 Å². The summed E-state index contributed by atoms with van der Waals surface area (Å²) in [5, 5.41) is 2.84. The first-order valence-corrected chi connectivity index (χ1v) is 7.89. The Kier molecular flexibility index (Phi) is 4.94. The van der Waals surface area contributed by atoms with Crippen molar-refractivity contribution in [1.29, 1.82) is 0 Å². The number of aromatic nitrogens is 1. The molecule has 132 valence electrons. The summed E-state index contributed by atoms with van der Waals surface area (Å²) in [6.45, 7) is 0.122. The normalized spacial score (nSPS) is 13.6. The Morgan fingerprint density at radius 3 is 2.96 bits per heavy atom. The van der Waals surface area contributed by atoms with Crippen LogP contribution in [0.2, 0.25) is 0 Å². The minimum absolute atomic E-state index is 0.122. The summed E-state index contributed by atoms with van der Waals surface area (Å²) in [5.41, 5.74) is 8.24. The van der Waals surface area contributed by atoms with Crippen LogP contribution in [-0.4, -0.2) is 30.7 Å². The summed E-state index contributed by atoms with van der Waals surface area (Å²) in [4.78, 5) is 26.0. The molecule has 2 amide bonds. The van der Waals surface area contributed by atoms with Crippen LogP contribution in [0.1, 0.15) is 23.2 Å². The van der Waals surface area contributed by atoms with Crippen LogP contribution < -0.4 is 15.8 Å². The van der Waals surface area contributed by atoms with E-state index in [1.54, 1.807) is 25.4 Å². The highest BCUT2D eigenvalue weighted by Crippen LogP contribution is 2.36. The number of amides is 2. The number of benzene rings is 1. The van der Waals surface area contributed by atoms with Crippen molar-refractivity contribution in [1.82, 2.24) is 4.98 Å². The van der Waals surface area contributed by atoms with Crippen LogP contribution in [-0.2, 0) is 9.53 Å². The van der Waals surface area contributed by atoms with Gasteiger partial charge in [0.25, 0.3) is 5.91 Å². The van der Waals surface area contributed by atoms with E-state index < -0.39 is 6.09 Å². The zero-order valence-corrected chi connectivity index (χ0v) is 14.1. The van der Waals surface area contributed by atoms with Gasteiger partial charge in [-0.1, -0.05) is 17.9 Å². The van der Waals surface area contributed by atoms with Crippen LogP contribution in [0.25, 0.3) is 11.6 Å². The second-order valence-electron chi connectivity index (χ2n) is 5.42. The van der Waals surface area contributed by atoms with Gasteiger partial charge in [0.05, 0.1) is 24.1 Å². The van der Waals surface area contributed by atoms with Crippen molar-refractivity contribution < 1.29 is 19.1 Å². The van der Waals surface area contributed by atoms with E-state index in [-0.39, 0.29) is 12.5 Å². The van der Waals surface area contributed by atoms with Gasteiger partial charge < -0.3 is 25.5 Å². The number of nitrogens with one attached hydrogen (secondary N) is 2. The molecule has 2 aromatic rings. The third-order valence-corrected chi connectivity index (χ3v) is 3.77. The highest BCUT2D eigenvalue weighted by molar-refractivity contribution is 6.35. The molecule has 0 fully saturated rings. The Morgan fingerprint density at radius 2 is 2.19 bits per heavy atom. The lowest BCUT2D eigenvalue weighted by molar-refractivity contribution is -0.110. The van der Waals surface area contributed by atoms with E-state index in [1.165, 1.54) is 0 Å². The topological polar surface area (TPSA) is 106 Å². The highest BCUT2D eigenvalue weighted by atomic mass is 16.5. The SMILES string of the molecule is COc1cc[nH]c1C=C1C(=O)Nc2cccc(C#CCCOC(N)=O)c21. The molecular weight excluding hydrogens is 334 g/mol. The number of carbonyl (C=O) groups excluding carboxylic acids is 2. The first-order chi connectivity index (χ1) is 12.6. The fourth-order valence-electron chi connectivity index (χ4n) is 2.66. The number of hydrogen-bond acceptors (Lipinski definition) is 4. The molecule has 0 saturated heterocycles. The number of aromatic amines is 1. The minimum atomic E-state index is -0.827. The Labute approximate surface area is 150 Å². The number of primary amides is 1. The van der Waals surface area contributed by atoms with Gasteiger partial charge in [0, 0.05) is 23.7 Å². The van der Waals surface area contributed by atoms with E-state index in [0.717, 1.165) is 5.56 Å². The average Bonchev–Trinajstić information content (AvgIpc) is 3.19. The summed E-state index contributed by atoms with van der Waals surface area (Å²) in [7, 11) is 1.57. The zero-order valence-electron chi connectivity index (χ0n) is 14.1. The smallest absolute Gasteiger partial charge is 0.404 e. The molecule has 7 heteroatoms. The molecular formula is C19H17N3O4. The first-order valence-electron chi connectivity index (χ1n) is 7.89. The fraction of sp³-hybridized carbons (Fsp3) is 0.158. The van der Waals surface area contributed by atoms with E-state index in [2.05, 4.69) is 26.9 Å². The third-order valence-electron chi connectivity index (χ3n) is 3.77. The van der Waals surface area contributed by atoms with Gasteiger partial charge in [-0.15, -0.1) is 0 Å². The number of methoxy groups -OCH3 is 1. The summed E-state index contributed by atoms with van der Waals surface area (Å²) in [6.07, 6.45) is 3.00. The maximum atomic E-state index is 12.4. The second kappa shape index (κ2) is 7.49. The minimum Gasteiger partial charge on any atom is -0.495 e. The van der Waals surface area contributed by atoms with Gasteiger partial charge in [0.1, 0.15) is 12.4 Å². The number of rotatable bonds is 4. The molecule has 4 N–H and O–H groups in total. The number of hydrogen-bond donors (Lipinski definition) is 3. The van der Waals surface area contributed by atoms with E-state index >= 15 is 0 Å². The van der Waals surface area contributed by atoms with E-state index in [4.69, 9.17) is 10.5 Å². The summed E-state index contributed by atoms with van der Waals surface area (Å²) in [5.74, 6) is 6.38. The Bertz CT molecular complexity index is 947. The predicted octanol–water partition coefficient (Wildman–Crippen LogP) is 2.35. The molecule has 0 aliphatic carbocycles. The van der Waals surface area contributed by atoms with Crippen molar-refractivity contribution in [2.24, 2.45) is 5.73 Å². The molecule has 26 heavy (non-hydrogen) atoms. The summed E-state index contributed by atoms with van der Waals surface area (Å²) in [6, 6.07) is 7.26. The van der Waals surface area contributed by atoms with Gasteiger partial charge in [-0.05, 0) is 24.3 Å². The lowest BCUT2D eigenvalue weighted by Gasteiger charge is -2.03. The van der Waals surface area contributed by atoms with Crippen LogP contribution in [0.15, 0.2) is 30.5 Å². The first kappa shape index (κ1) is 17.2. The van der Waals surface area contributed by atoms with Crippen molar-refractivity contribution in [3.8, 4) is 17.6 Å². The molecule has 0 radical (unpaired) electrons. The van der Waals surface area contributed by atoms with Crippen molar-refractivity contribution in [3.05, 3.63) is 47.3 Å². The molecule has 3 rings (SSSR count). The van der Waals surface area contributed by atoms with Crippen molar-refractivity contribution in [2.45, 2.75) is 6.42 Å². The van der Waals surface area contributed by atoms with Crippen LogP contribution in [0.3, 0.4) is 0 Å². The average molecular weight is 351 g/mol. The molecule has 0 bridgehead atoms. The van der Waals surface area contributed by atoms with Gasteiger partial charge in [0.15, 0.2) is 0 Å². The van der Waals surface area contributed by atoms with E-state index in [0.29, 0.717) is 34.7 Å². The Morgan fingerprint density at radius 1 is 1.35 bits per heavy atom. The van der Waals surface area contributed by atoms with Crippen LogP contribution in [0.5, 0.6) is 5.75 Å². The lowest BCUT2D eigenvalue weighted by atomic mass is 9.99. The maximum absolute atomic E-state index is 12.4. The van der Waals surface area contributed by atoms with Gasteiger partial charge in [-0.25, -0.2) is 4.79 Å². The molecule has 2 heterocycles. The van der Waals surface area contributed by atoms with Crippen molar-refractivity contribution >= 4 is 29.3 Å². The molecule has 0 atom stereocenters. The monoisotopic (exact) mass is 351 g/mol. The second-order valence-corrected chi connectivity index (χ2v) is 5.42. The lowest BCUT2D eigenvalue weighted by Crippen LogP contribution is -2.13. The zero-order chi connectivity index (χ0) is 18.5. The number of H-pyrrole nitrogens is 1. The van der Waals surface area contributed by atoms with Crippen LogP contribution >= 0.6 is 0 Å². The van der Waals surface area contributed by atoms with Crippen LogP contribution in [0.4, 0.5) is 10.5 Å². The number of carbonyl (C=O) groups is 2. The third kappa shape index (κ3) is 3.54. The number of nitrogens with two attached hydrogens (primary N) is 1. The molecule has 0 unspecified atom stereocenters. The van der Waals surface area contributed by atoms with Crippen LogP contribution in [0, 0.1) is 11.8 Å². The number of fused-ring (bicyclic) bond motifs is 1. The maximum Gasteiger partial charge on any atom is 0.404 e. The highest BCUT2D eigenvalue weighted by Gasteiger charge is 2.26. The predicted molar refractivity (Wildman–Crippen MR) is 97.3 cm³/mol. The molecule has 1 aliphatic heterocycles. The summed E-state index contributed by atoms with van der Waals surface area (Å²) >= 11 is 0. The summed E-state index contributed by atoms with van der Waals surface area (Å²) < 4.78 is 9.92. The molecule has 7 nitrogen and oxygen atoms in total. The molecule has 0 spiro atoms. The molecule has 1 aromatic heterocycles. The van der Waals surface area contributed by atoms with Gasteiger partial charge in [0.2, 0.25) is 0 Å². The van der Waals surface area contributed by atoms with Crippen molar-refractivity contribution in [2.75, 3.05) is 19.0 Å². The van der Waals surface area contributed by atoms with Gasteiger partial charge in [-0.3, -0.25) is 4.79 Å². The van der Waals surface area contributed by atoms with Crippen molar-refractivity contribution in [3.63, 3.8) is 0 Å². The number of ether oxygens (including phenoxy) is 2. The van der Waals surface area contributed by atoms with Gasteiger partial charge in [-0.2, -0.15) is 0 Å². The Hall–Kier alpha value is -3.66. The standard InChI is InChI=1S/C19H17N3O4/c1-25-16-8-9-21-15(16)11-13-17-12(5-2-3-10-26-19(20)24)6-4-7-14(17)22-18(13)23/h4,6-9,11,21H,3,10H2,1H3,(H2,20,24)(H,22,23). The Balaban J connectivity index is 1.93. The largest absolute Gasteiger partial charge is 0.495 e. The van der Waals surface area contributed by atoms with E-state index in [1.807, 2.05) is 18.2 Å². The molecule has 1 aliphatic rings. The fourth-order valence-corrected chi connectivity index (χ4v) is 2.66. The number of anilines is 1. The van der Waals surface area contributed by atoms with Gasteiger partial charge >= 0.3 is 6.09 Å². The molecule has 0 saturated carbocycles. The quantitative estimate of drug-likeness (QED) is 0.446.